The highest BCUT2D eigenvalue weighted by Gasteiger charge is 2.18. The second-order valence-corrected chi connectivity index (χ2v) is 4.22. The lowest BCUT2D eigenvalue weighted by molar-refractivity contribution is 0.539. The number of hydrogen-bond acceptors (Lipinski definition) is 1. The van der Waals surface area contributed by atoms with Crippen molar-refractivity contribution in [2.45, 2.75) is 26.2 Å². The predicted molar refractivity (Wildman–Crippen MR) is 43.0 cm³/mol. The lowest BCUT2D eigenvalue weighted by Gasteiger charge is -2.16. The summed E-state index contributed by atoms with van der Waals surface area (Å²) >= 11 is 1.16. The molecule has 0 aliphatic heterocycles. The summed E-state index contributed by atoms with van der Waals surface area (Å²) in [6.45, 7) is 6.04. The highest BCUT2D eigenvalue weighted by Crippen LogP contribution is 2.27. The molecule has 0 fully saturated rings. The molecule has 0 saturated carbocycles. The van der Waals surface area contributed by atoms with Crippen LogP contribution in [0, 0.1) is 5.13 Å². The molecule has 1 heterocycles. The smallest absolute Gasteiger partial charge is 0.180 e. The fourth-order valence-corrected chi connectivity index (χ4v) is 1.66. The molecule has 0 nitrogen and oxygen atoms in total. The Labute approximate surface area is 64.7 Å². The minimum atomic E-state index is -0.0515. The van der Waals surface area contributed by atoms with E-state index in [1.165, 1.54) is 0 Å². The zero-order valence-electron chi connectivity index (χ0n) is 6.44. The lowest BCUT2D eigenvalue weighted by Crippen LogP contribution is -2.10. The molecule has 0 N–H and O–H groups in total. The van der Waals surface area contributed by atoms with Crippen molar-refractivity contribution in [3.05, 3.63) is 22.1 Å². The van der Waals surface area contributed by atoms with E-state index >= 15 is 0 Å². The molecule has 0 aliphatic rings. The Morgan fingerprint density at radius 1 is 1.40 bits per heavy atom. The van der Waals surface area contributed by atoms with Crippen molar-refractivity contribution in [3.63, 3.8) is 0 Å². The van der Waals surface area contributed by atoms with Crippen LogP contribution >= 0.6 is 11.3 Å². The van der Waals surface area contributed by atoms with Crippen molar-refractivity contribution >= 4 is 11.3 Å². The van der Waals surface area contributed by atoms with Crippen molar-refractivity contribution < 1.29 is 4.39 Å². The van der Waals surface area contributed by atoms with E-state index < -0.39 is 0 Å². The molecule has 1 aromatic heterocycles. The molecule has 0 radical (unpaired) electrons. The minimum absolute atomic E-state index is 0.0486. The predicted octanol–water partition coefficient (Wildman–Crippen LogP) is 3.18. The molecule has 0 saturated heterocycles. The third-order valence-corrected chi connectivity index (χ3v) is 2.13. The summed E-state index contributed by atoms with van der Waals surface area (Å²) < 4.78 is 12.9. The summed E-state index contributed by atoms with van der Waals surface area (Å²) in [6, 6.07) is 1.85. The SMILES string of the molecule is CC(C)(C)c1ccsc1F. The number of rotatable bonds is 0. The first-order chi connectivity index (χ1) is 4.52. The summed E-state index contributed by atoms with van der Waals surface area (Å²) in [7, 11) is 0. The van der Waals surface area contributed by atoms with Gasteiger partial charge in [-0.05, 0) is 16.9 Å². The van der Waals surface area contributed by atoms with E-state index in [0.717, 1.165) is 16.9 Å². The van der Waals surface area contributed by atoms with Gasteiger partial charge in [0, 0.05) is 5.56 Å². The quantitative estimate of drug-likeness (QED) is 0.544. The van der Waals surface area contributed by atoms with Gasteiger partial charge in [0.15, 0.2) is 5.13 Å². The summed E-state index contributed by atoms with van der Waals surface area (Å²) in [5.74, 6) is 0. The molecule has 0 bridgehead atoms. The van der Waals surface area contributed by atoms with E-state index in [1.807, 2.05) is 26.8 Å². The second-order valence-electron chi connectivity index (χ2n) is 3.36. The van der Waals surface area contributed by atoms with Gasteiger partial charge in [-0.15, -0.1) is 11.3 Å². The fraction of sp³-hybridized carbons (Fsp3) is 0.500. The lowest BCUT2D eigenvalue weighted by atomic mass is 9.89. The Balaban J connectivity index is 3.05. The topological polar surface area (TPSA) is 0 Å². The van der Waals surface area contributed by atoms with Gasteiger partial charge < -0.3 is 0 Å². The van der Waals surface area contributed by atoms with Crippen LogP contribution in [0.4, 0.5) is 4.39 Å². The molecule has 0 spiro atoms. The highest BCUT2D eigenvalue weighted by molar-refractivity contribution is 7.08. The van der Waals surface area contributed by atoms with Crippen LogP contribution in [-0.2, 0) is 5.41 Å². The maximum Gasteiger partial charge on any atom is 0.180 e. The van der Waals surface area contributed by atoms with Crippen LogP contribution in [0.25, 0.3) is 0 Å². The average molecular weight is 158 g/mol. The normalized spacial score (nSPS) is 12.0. The molecular weight excluding hydrogens is 147 g/mol. The maximum absolute atomic E-state index is 12.9. The largest absolute Gasteiger partial charge is 0.195 e. The van der Waals surface area contributed by atoms with Crippen molar-refractivity contribution in [2.75, 3.05) is 0 Å². The van der Waals surface area contributed by atoms with Crippen LogP contribution in [0.2, 0.25) is 0 Å². The van der Waals surface area contributed by atoms with E-state index in [9.17, 15) is 4.39 Å². The molecule has 56 valence electrons. The van der Waals surface area contributed by atoms with Crippen LogP contribution < -0.4 is 0 Å². The highest BCUT2D eigenvalue weighted by atomic mass is 32.1. The zero-order chi connectivity index (χ0) is 7.78. The first-order valence-corrected chi connectivity index (χ1v) is 4.13. The summed E-state index contributed by atoms with van der Waals surface area (Å²) in [4.78, 5) is 0. The molecular formula is C8H11FS. The Morgan fingerprint density at radius 2 is 2.00 bits per heavy atom. The van der Waals surface area contributed by atoms with Gasteiger partial charge in [0.1, 0.15) is 0 Å². The molecule has 0 unspecified atom stereocenters. The van der Waals surface area contributed by atoms with Crippen molar-refractivity contribution in [1.82, 2.24) is 0 Å². The molecule has 1 rings (SSSR count). The third kappa shape index (κ3) is 1.37. The molecule has 0 amide bonds. The molecule has 0 atom stereocenters. The van der Waals surface area contributed by atoms with Gasteiger partial charge >= 0.3 is 0 Å². The standard InChI is InChI=1S/C8H11FS/c1-8(2,3)6-4-5-10-7(6)9/h4-5H,1-3H3. The Kier molecular flexibility index (Phi) is 1.82. The molecule has 2 heteroatoms. The van der Waals surface area contributed by atoms with Crippen LogP contribution in [-0.4, -0.2) is 0 Å². The van der Waals surface area contributed by atoms with E-state index in [1.54, 1.807) is 5.38 Å². The van der Waals surface area contributed by atoms with Crippen molar-refractivity contribution in [1.29, 1.82) is 0 Å². The van der Waals surface area contributed by atoms with Gasteiger partial charge in [-0.25, -0.2) is 0 Å². The first-order valence-electron chi connectivity index (χ1n) is 3.25. The van der Waals surface area contributed by atoms with Crippen LogP contribution in [0.1, 0.15) is 26.3 Å². The summed E-state index contributed by atoms with van der Waals surface area (Å²) in [5, 5.41) is 1.74. The van der Waals surface area contributed by atoms with Crippen molar-refractivity contribution in [2.24, 2.45) is 0 Å². The van der Waals surface area contributed by atoms with Gasteiger partial charge in [0.25, 0.3) is 0 Å². The molecule has 0 aliphatic carbocycles. The van der Waals surface area contributed by atoms with Gasteiger partial charge in [-0.1, -0.05) is 20.8 Å². The summed E-state index contributed by atoms with van der Waals surface area (Å²) in [5.41, 5.74) is 0.766. The second kappa shape index (κ2) is 2.35. The van der Waals surface area contributed by atoms with E-state index in [2.05, 4.69) is 0 Å². The average Bonchev–Trinajstić information content (AvgIpc) is 2.11. The van der Waals surface area contributed by atoms with E-state index in [-0.39, 0.29) is 10.5 Å². The van der Waals surface area contributed by atoms with Crippen molar-refractivity contribution in [3.8, 4) is 0 Å². The van der Waals surface area contributed by atoms with Gasteiger partial charge in [-0.3, -0.25) is 0 Å². The Morgan fingerprint density at radius 3 is 2.20 bits per heavy atom. The minimum Gasteiger partial charge on any atom is -0.195 e. The molecule has 10 heavy (non-hydrogen) atoms. The molecule has 0 aromatic carbocycles. The van der Waals surface area contributed by atoms with Crippen LogP contribution in [0.3, 0.4) is 0 Å². The third-order valence-electron chi connectivity index (χ3n) is 1.43. The van der Waals surface area contributed by atoms with Gasteiger partial charge in [-0.2, -0.15) is 4.39 Å². The monoisotopic (exact) mass is 158 g/mol. The maximum atomic E-state index is 12.9. The number of halogens is 1. The Hall–Kier alpha value is -0.370. The number of thiophene rings is 1. The van der Waals surface area contributed by atoms with Gasteiger partial charge in [0.2, 0.25) is 0 Å². The van der Waals surface area contributed by atoms with Crippen LogP contribution in [0.5, 0.6) is 0 Å². The number of hydrogen-bond donors (Lipinski definition) is 0. The van der Waals surface area contributed by atoms with E-state index in [0.29, 0.717) is 0 Å². The summed E-state index contributed by atoms with van der Waals surface area (Å²) in [6.07, 6.45) is 0. The first kappa shape index (κ1) is 7.73. The Bertz CT molecular complexity index is 219. The van der Waals surface area contributed by atoms with Crippen LogP contribution in [0.15, 0.2) is 11.4 Å². The molecule has 1 aromatic rings. The van der Waals surface area contributed by atoms with E-state index in [4.69, 9.17) is 0 Å². The van der Waals surface area contributed by atoms with Gasteiger partial charge in [0.05, 0.1) is 0 Å². The zero-order valence-corrected chi connectivity index (χ0v) is 7.26. The fourth-order valence-electron chi connectivity index (χ4n) is 0.836.